The first kappa shape index (κ1) is 18.8. The molecule has 0 fully saturated rings. The van der Waals surface area contributed by atoms with Crippen LogP contribution >= 0.6 is 15.9 Å². The van der Waals surface area contributed by atoms with Crippen LogP contribution in [0.15, 0.2) is 77.3 Å². The second-order valence-corrected chi connectivity index (χ2v) is 7.87. The minimum atomic E-state index is 0.724. The van der Waals surface area contributed by atoms with E-state index in [1.165, 1.54) is 11.1 Å². The van der Waals surface area contributed by atoms with Gasteiger partial charge in [-0.05, 0) is 56.2 Å². The largest absolute Gasteiger partial charge is 0.494 e. The quantitative estimate of drug-likeness (QED) is 0.305. The highest BCUT2D eigenvalue weighted by atomic mass is 79.9. The Kier molecular flexibility index (Phi) is 5.77. The minimum absolute atomic E-state index is 0.724. The van der Waals surface area contributed by atoms with Crippen LogP contribution in [0.3, 0.4) is 0 Å². The lowest BCUT2D eigenvalue weighted by atomic mass is 10.2. The van der Waals surface area contributed by atoms with Crippen molar-refractivity contribution in [1.29, 1.82) is 0 Å². The number of fused-ring (bicyclic) bond motifs is 1. The van der Waals surface area contributed by atoms with Crippen LogP contribution < -0.4 is 4.74 Å². The standard InChI is InChI=1S/C24H23BrN2O/c1-18-11-13-21(14-12-18)28-16-5-4-15-27-23-10-3-2-9-22(23)26-24(27)19-7-6-8-20(25)17-19/h2-3,6-14,17H,4-5,15-16H2,1H3. The zero-order chi connectivity index (χ0) is 19.3. The van der Waals surface area contributed by atoms with E-state index in [1.54, 1.807) is 0 Å². The fraction of sp³-hybridized carbons (Fsp3) is 0.208. The van der Waals surface area contributed by atoms with Crippen LogP contribution in [0.25, 0.3) is 22.4 Å². The van der Waals surface area contributed by atoms with Crippen molar-refractivity contribution < 1.29 is 4.74 Å². The number of halogens is 1. The van der Waals surface area contributed by atoms with Gasteiger partial charge in [-0.1, -0.05) is 57.9 Å². The molecule has 3 nitrogen and oxygen atoms in total. The lowest BCUT2D eigenvalue weighted by Gasteiger charge is -2.11. The highest BCUT2D eigenvalue weighted by Gasteiger charge is 2.12. The average molecular weight is 435 g/mol. The molecule has 4 heteroatoms. The molecule has 4 aromatic rings. The number of imidazole rings is 1. The monoisotopic (exact) mass is 434 g/mol. The van der Waals surface area contributed by atoms with E-state index in [9.17, 15) is 0 Å². The Balaban J connectivity index is 1.46. The van der Waals surface area contributed by atoms with Gasteiger partial charge >= 0.3 is 0 Å². The van der Waals surface area contributed by atoms with Crippen LogP contribution in [-0.2, 0) is 6.54 Å². The number of hydrogen-bond acceptors (Lipinski definition) is 2. The number of aromatic nitrogens is 2. The van der Waals surface area contributed by atoms with E-state index in [0.29, 0.717) is 0 Å². The van der Waals surface area contributed by atoms with Gasteiger partial charge in [0.2, 0.25) is 0 Å². The van der Waals surface area contributed by atoms with Crippen LogP contribution in [0, 0.1) is 6.92 Å². The summed E-state index contributed by atoms with van der Waals surface area (Å²) in [5, 5.41) is 0. The van der Waals surface area contributed by atoms with Crippen molar-refractivity contribution in [1.82, 2.24) is 9.55 Å². The normalized spacial score (nSPS) is 11.1. The number of nitrogens with zero attached hydrogens (tertiary/aromatic N) is 2. The first-order chi connectivity index (χ1) is 13.7. The van der Waals surface area contributed by atoms with Crippen molar-refractivity contribution in [3.63, 3.8) is 0 Å². The van der Waals surface area contributed by atoms with E-state index in [-0.39, 0.29) is 0 Å². The second kappa shape index (κ2) is 8.61. The fourth-order valence-corrected chi connectivity index (χ4v) is 3.75. The second-order valence-electron chi connectivity index (χ2n) is 6.95. The van der Waals surface area contributed by atoms with Gasteiger partial charge in [0.25, 0.3) is 0 Å². The Labute approximate surface area is 174 Å². The number of rotatable bonds is 7. The number of benzene rings is 3. The van der Waals surface area contributed by atoms with Gasteiger partial charge in [-0.25, -0.2) is 4.98 Å². The van der Waals surface area contributed by atoms with Crippen LogP contribution in [0.2, 0.25) is 0 Å². The topological polar surface area (TPSA) is 27.1 Å². The van der Waals surface area contributed by atoms with Gasteiger partial charge in [0.15, 0.2) is 0 Å². The Bertz CT molecular complexity index is 1070. The van der Waals surface area contributed by atoms with Gasteiger partial charge in [-0.15, -0.1) is 0 Å². The molecule has 0 aliphatic rings. The highest BCUT2D eigenvalue weighted by molar-refractivity contribution is 9.10. The van der Waals surface area contributed by atoms with Crippen LogP contribution in [0.5, 0.6) is 5.75 Å². The zero-order valence-corrected chi connectivity index (χ0v) is 17.5. The molecule has 0 saturated carbocycles. The summed E-state index contributed by atoms with van der Waals surface area (Å²) in [4.78, 5) is 4.89. The predicted molar refractivity (Wildman–Crippen MR) is 119 cm³/mol. The Morgan fingerprint density at radius 2 is 1.75 bits per heavy atom. The summed E-state index contributed by atoms with van der Waals surface area (Å²) in [6.45, 7) is 3.73. The molecule has 0 spiro atoms. The van der Waals surface area contributed by atoms with Gasteiger partial charge < -0.3 is 9.30 Å². The number of unbranched alkanes of at least 4 members (excludes halogenated alkanes) is 1. The van der Waals surface area contributed by atoms with Gasteiger partial charge in [-0.3, -0.25) is 0 Å². The first-order valence-electron chi connectivity index (χ1n) is 9.61. The van der Waals surface area contributed by atoms with Gasteiger partial charge in [0, 0.05) is 16.6 Å². The molecule has 0 aliphatic carbocycles. The van der Waals surface area contributed by atoms with E-state index in [0.717, 1.165) is 53.1 Å². The van der Waals surface area contributed by atoms with Crippen LogP contribution in [-0.4, -0.2) is 16.2 Å². The highest BCUT2D eigenvalue weighted by Crippen LogP contribution is 2.27. The van der Waals surface area contributed by atoms with Crippen molar-refractivity contribution in [3.8, 4) is 17.1 Å². The SMILES string of the molecule is Cc1ccc(OCCCCn2c(-c3cccc(Br)c3)nc3ccccc32)cc1. The summed E-state index contributed by atoms with van der Waals surface area (Å²) in [6, 6.07) is 24.9. The van der Waals surface area contributed by atoms with E-state index in [2.05, 4.69) is 76.0 Å². The third-order valence-electron chi connectivity index (χ3n) is 4.80. The van der Waals surface area contributed by atoms with Gasteiger partial charge in [0.1, 0.15) is 11.6 Å². The van der Waals surface area contributed by atoms with E-state index >= 15 is 0 Å². The number of ether oxygens (including phenoxy) is 1. The molecular formula is C24H23BrN2O. The molecule has 4 rings (SSSR count). The molecule has 3 aromatic carbocycles. The molecule has 0 N–H and O–H groups in total. The molecular weight excluding hydrogens is 412 g/mol. The van der Waals surface area contributed by atoms with Crippen molar-refractivity contribution in [2.75, 3.05) is 6.61 Å². The average Bonchev–Trinajstić information content (AvgIpc) is 3.08. The van der Waals surface area contributed by atoms with E-state index in [1.807, 2.05) is 24.3 Å². The van der Waals surface area contributed by atoms with Crippen LogP contribution in [0.1, 0.15) is 18.4 Å². The molecule has 0 bridgehead atoms. The summed E-state index contributed by atoms with van der Waals surface area (Å²) in [5.74, 6) is 1.95. The molecule has 0 unspecified atom stereocenters. The Morgan fingerprint density at radius 1 is 0.929 bits per heavy atom. The van der Waals surface area contributed by atoms with E-state index < -0.39 is 0 Å². The molecule has 1 heterocycles. The molecule has 0 radical (unpaired) electrons. The first-order valence-corrected chi connectivity index (χ1v) is 10.4. The van der Waals surface area contributed by atoms with Crippen molar-refractivity contribution in [2.24, 2.45) is 0 Å². The lowest BCUT2D eigenvalue weighted by Crippen LogP contribution is -2.04. The Morgan fingerprint density at radius 3 is 2.57 bits per heavy atom. The molecule has 1 aromatic heterocycles. The molecule has 0 aliphatic heterocycles. The summed E-state index contributed by atoms with van der Waals surface area (Å²) in [6.07, 6.45) is 2.03. The lowest BCUT2D eigenvalue weighted by molar-refractivity contribution is 0.303. The summed E-state index contributed by atoms with van der Waals surface area (Å²) >= 11 is 3.57. The van der Waals surface area contributed by atoms with Gasteiger partial charge in [-0.2, -0.15) is 0 Å². The molecule has 0 atom stereocenters. The number of para-hydroxylation sites is 2. The van der Waals surface area contributed by atoms with Gasteiger partial charge in [0.05, 0.1) is 17.6 Å². The maximum Gasteiger partial charge on any atom is 0.141 e. The zero-order valence-electron chi connectivity index (χ0n) is 15.9. The summed E-state index contributed by atoms with van der Waals surface area (Å²) in [5.41, 5.74) is 4.59. The van der Waals surface area contributed by atoms with Crippen molar-refractivity contribution in [2.45, 2.75) is 26.3 Å². The summed E-state index contributed by atoms with van der Waals surface area (Å²) < 4.78 is 9.25. The molecule has 28 heavy (non-hydrogen) atoms. The molecule has 0 saturated heterocycles. The maximum atomic E-state index is 5.87. The predicted octanol–water partition coefficient (Wildman–Crippen LogP) is 6.63. The smallest absolute Gasteiger partial charge is 0.141 e. The third kappa shape index (κ3) is 4.28. The minimum Gasteiger partial charge on any atom is -0.494 e. The Hall–Kier alpha value is -2.59. The number of aryl methyl sites for hydroxylation is 2. The molecule has 142 valence electrons. The summed E-state index contributed by atoms with van der Waals surface area (Å²) in [7, 11) is 0. The fourth-order valence-electron chi connectivity index (χ4n) is 3.35. The van der Waals surface area contributed by atoms with Crippen LogP contribution in [0.4, 0.5) is 0 Å². The third-order valence-corrected chi connectivity index (χ3v) is 5.30. The van der Waals surface area contributed by atoms with E-state index in [4.69, 9.17) is 9.72 Å². The maximum absolute atomic E-state index is 5.87. The number of hydrogen-bond donors (Lipinski definition) is 0. The van der Waals surface area contributed by atoms with Crippen molar-refractivity contribution in [3.05, 3.63) is 82.8 Å². The van der Waals surface area contributed by atoms with Crippen molar-refractivity contribution >= 4 is 27.0 Å². The molecule has 0 amide bonds.